The summed E-state index contributed by atoms with van der Waals surface area (Å²) in [5, 5.41) is -0.374. The Hall–Kier alpha value is -0.880. The summed E-state index contributed by atoms with van der Waals surface area (Å²) in [6.07, 6.45) is 1.41. The summed E-state index contributed by atoms with van der Waals surface area (Å²) in [6.45, 7) is 0.339. The molecule has 15 heavy (non-hydrogen) atoms. The third kappa shape index (κ3) is 1.91. The number of rotatable bonds is 1. The van der Waals surface area contributed by atoms with E-state index in [-0.39, 0.29) is 28.5 Å². The zero-order chi connectivity index (χ0) is 11.0. The van der Waals surface area contributed by atoms with Crippen molar-refractivity contribution in [3.63, 3.8) is 0 Å². The minimum Gasteiger partial charge on any atom is -0.293 e. The van der Waals surface area contributed by atoms with Crippen LogP contribution in [0.4, 0.5) is 10.2 Å². The largest absolute Gasteiger partial charge is 0.293 e. The van der Waals surface area contributed by atoms with Gasteiger partial charge in [-0.25, -0.2) is 9.97 Å². The highest BCUT2D eigenvalue weighted by Crippen LogP contribution is 2.26. The number of halogens is 2. The molecule has 2 heterocycles. The quantitative estimate of drug-likeness (QED) is 0.601. The minimum atomic E-state index is -0.769. The molecule has 0 N–H and O–H groups in total. The maximum absolute atomic E-state index is 13.5. The lowest BCUT2D eigenvalue weighted by Gasteiger charge is -2.15. The molecule has 1 aromatic heterocycles. The van der Waals surface area contributed by atoms with Gasteiger partial charge in [-0.2, -0.15) is 17.0 Å². The Kier molecular flexibility index (Phi) is 2.79. The van der Waals surface area contributed by atoms with Crippen LogP contribution < -0.4 is 4.90 Å². The smallest absolute Gasteiger partial charge is 0.229 e. The molecule has 0 saturated carbocycles. The fraction of sp³-hybridized carbons (Fsp3) is 0.375. The van der Waals surface area contributed by atoms with Gasteiger partial charge in [0.15, 0.2) is 11.0 Å². The van der Waals surface area contributed by atoms with Crippen LogP contribution in [-0.4, -0.2) is 27.7 Å². The van der Waals surface area contributed by atoms with Gasteiger partial charge in [-0.15, -0.1) is 0 Å². The number of thiol groups is 1. The molecule has 0 aromatic carbocycles. The van der Waals surface area contributed by atoms with E-state index in [0.29, 0.717) is 6.54 Å². The Labute approximate surface area is 95.9 Å². The fourth-order valence-electron chi connectivity index (χ4n) is 1.42. The van der Waals surface area contributed by atoms with E-state index < -0.39 is 5.82 Å². The van der Waals surface area contributed by atoms with Crippen molar-refractivity contribution in [3.05, 3.63) is 17.3 Å². The summed E-state index contributed by atoms with van der Waals surface area (Å²) >= 11 is 9.65. The van der Waals surface area contributed by atoms with Crippen molar-refractivity contribution in [2.75, 3.05) is 11.4 Å². The zero-order valence-electron chi connectivity index (χ0n) is 7.52. The first-order valence-corrected chi connectivity index (χ1v) is 5.13. The van der Waals surface area contributed by atoms with Crippen LogP contribution in [-0.2, 0) is 4.79 Å². The molecule has 2 rings (SSSR count). The molecule has 0 bridgehead atoms. The second-order valence-corrected chi connectivity index (χ2v) is 4.25. The molecular weight excluding hydrogens is 241 g/mol. The maximum atomic E-state index is 13.5. The molecular formula is C8H7ClFN3OS. The Morgan fingerprint density at radius 1 is 1.60 bits per heavy atom. The van der Waals surface area contributed by atoms with Crippen LogP contribution in [0.5, 0.6) is 0 Å². The van der Waals surface area contributed by atoms with E-state index >= 15 is 0 Å². The van der Waals surface area contributed by atoms with E-state index in [1.54, 1.807) is 0 Å². The second-order valence-electron chi connectivity index (χ2n) is 3.16. The summed E-state index contributed by atoms with van der Waals surface area (Å²) in [4.78, 5) is 19.9. The monoisotopic (exact) mass is 247 g/mol. The molecule has 1 aliphatic rings. The van der Waals surface area contributed by atoms with Gasteiger partial charge in [0.1, 0.15) is 6.33 Å². The van der Waals surface area contributed by atoms with Crippen molar-refractivity contribution in [2.45, 2.75) is 11.7 Å². The van der Waals surface area contributed by atoms with Crippen LogP contribution in [0.2, 0.25) is 5.15 Å². The predicted molar refractivity (Wildman–Crippen MR) is 56.7 cm³/mol. The van der Waals surface area contributed by atoms with Crippen molar-refractivity contribution in [1.82, 2.24) is 9.97 Å². The standard InChI is InChI=1S/C8H7ClFN3OS/c9-7-6(10)8(12-3-11-7)13-2-4(15)1-5(13)14/h3-4,15H,1-2H2. The second kappa shape index (κ2) is 3.94. The minimum absolute atomic E-state index is 0.0726. The van der Waals surface area contributed by atoms with Crippen molar-refractivity contribution in [3.8, 4) is 0 Å². The molecule has 80 valence electrons. The first-order valence-electron chi connectivity index (χ1n) is 4.24. The van der Waals surface area contributed by atoms with E-state index in [2.05, 4.69) is 22.6 Å². The van der Waals surface area contributed by atoms with Gasteiger partial charge in [-0.3, -0.25) is 9.69 Å². The molecule has 1 aliphatic heterocycles. The van der Waals surface area contributed by atoms with Gasteiger partial charge < -0.3 is 0 Å². The number of hydrogen-bond acceptors (Lipinski definition) is 4. The molecule has 1 fully saturated rings. The fourth-order valence-corrected chi connectivity index (χ4v) is 1.87. The summed E-state index contributed by atoms with van der Waals surface area (Å²) < 4.78 is 13.5. The third-order valence-corrected chi connectivity index (χ3v) is 2.70. The number of carbonyl (C=O) groups excluding carboxylic acids is 1. The molecule has 1 saturated heterocycles. The Bertz CT molecular complexity index is 417. The lowest BCUT2D eigenvalue weighted by atomic mass is 10.4. The highest BCUT2D eigenvalue weighted by atomic mass is 35.5. The highest BCUT2D eigenvalue weighted by Gasteiger charge is 2.31. The van der Waals surface area contributed by atoms with Crippen LogP contribution in [0.15, 0.2) is 6.33 Å². The molecule has 1 atom stereocenters. The van der Waals surface area contributed by atoms with Crippen molar-refractivity contribution < 1.29 is 9.18 Å². The third-order valence-electron chi connectivity index (χ3n) is 2.09. The molecule has 0 radical (unpaired) electrons. The summed E-state index contributed by atoms with van der Waals surface area (Å²) in [7, 11) is 0. The number of aromatic nitrogens is 2. The summed E-state index contributed by atoms with van der Waals surface area (Å²) in [5.41, 5.74) is 0. The van der Waals surface area contributed by atoms with E-state index in [1.165, 1.54) is 4.90 Å². The van der Waals surface area contributed by atoms with Crippen LogP contribution in [0.25, 0.3) is 0 Å². The molecule has 1 unspecified atom stereocenters. The van der Waals surface area contributed by atoms with Crippen molar-refractivity contribution in [2.24, 2.45) is 0 Å². The number of hydrogen-bond donors (Lipinski definition) is 1. The Balaban J connectivity index is 2.38. The lowest BCUT2D eigenvalue weighted by Crippen LogP contribution is -2.27. The first kappa shape index (κ1) is 10.6. The van der Waals surface area contributed by atoms with Crippen molar-refractivity contribution in [1.29, 1.82) is 0 Å². The van der Waals surface area contributed by atoms with E-state index in [9.17, 15) is 9.18 Å². The first-order chi connectivity index (χ1) is 7.09. The van der Waals surface area contributed by atoms with Gasteiger partial charge in [0.2, 0.25) is 11.7 Å². The number of anilines is 1. The Morgan fingerprint density at radius 2 is 2.33 bits per heavy atom. The average molecular weight is 248 g/mol. The van der Waals surface area contributed by atoms with Gasteiger partial charge in [-0.05, 0) is 0 Å². The molecule has 4 nitrogen and oxygen atoms in total. The Morgan fingerprint density at radius 3 is 2.93 bits per heavy atom. The van der Waals surface area contributed by atoms with Crippen molar-refractivity contribution >= 4 is 36.0 Å². The number of amides is 1. The van der Waals surface area contributed by atoms with Crippen LogP contribution >= 0.6 is 24.2 Å². The number of carbonyl (C=O) groups is 1. The van der Waals surface area contributed by atoms with E-state index in [0.717, 1.165) is 6.33 Å². The lowest BCUT2D eigenvalue weighted by molar-refractivity contribution is -0.117. The summed E-state index contributed by atoms with van der Waals surface area (Å²) in [5.74, 6) is -1.05. The molecule has 7 heteroatoms. The molecule has 1 aromatic rings. The SMILES string of the molecule is O=C1CC(S)CN1c1ncnc(Cl)c1F. The van der Waals surface area contributed by atoms with E-state index in [1.807, 2.05) is 0 Å². The average Bonchev–Trinajstić information content (AvgIpc) is 2.50. The topological polar surface area (TPSA) is 46.1 Å². The molecule has 0 aliphatic carbocycles. The van der Waals surface area contributed by atoms with E-state index in [4.69, 9.17) is 11.6 Å². The van der Waals surface area contributed by atoms with Crippen LogP contribution in [0.1, 0.15) is 6.42 Å². The van der Waals surface area contributed by atoms with Gasteiger partial charge in [0, 0.05) is 18.2 Å². The maximum Gasteiger partial charge on any atom is 0.229 e. The van der Waals surface area contributed by atoms with Crippen LogP contribution in [0.3, 0.4) is 0 Å². The summed E-state index contributed by atoms with van der Waals surface area (Å²) in [6, 6.07) is 0. The predicted octanol–water partition coefficient (Wildman–Crippen LogP) is 1.30. The molecule has 1 amide bonds. The normalized spacial score (nSPS) is 21.1. The zero-order valence-corrected chi connectivity index (χ0v) is 9.17. The van der Waals surface area contributed by atoms with Gasteiger partial charge in [-0.1, -0.05) is 11.6 Å². The van der Waals surface area contributed by atoms with Crippen LogP contribution in [0, 0.1) is 5.82 Å². The molecule has 0 spiro atoms. The van der Waals surface area contributed by atoms with Gasteiger partial charge >= 0.3 is 0 Å². The van der Waals surface area contributed by atoms with Gasteiger partial charge in [0.25, 0.3) is 0 Å². The van der Waals surface area contributed by atoms with Gasteiger partial charge in [0.05, 0.1) is 0 Å². The number of nitrogens with zero attached hydrogens (tertiary/aromatic N) is 3. The highest BCUT2D eigenvalue weighted by molar-refractivity contribution is 7.81.